The van der Waals surface area contributed by atoms with Crippen LogP contribution < -0.4 is 0 Å². The van der Waals surface area contributed by atoms with Crippen LogP contribution in [0.15, 0.2) is 0 Å². The molecule has 4 atom stereocenters. The molecule has 15 heavy (non-hydrogen) atoms. The average Bonchev–Trinajstić information content (AvgIpc) is 2.86. The van der Waals surface area contributed by atoms with Crippen molar-refractivity contribution in [2.45, 2.75) is 37.8 Å². The highest BCUT2D eigenvalue weighted by Gasteiger charge is 2.41. The highest BCUT2D eigenvalue weighted by atomic mass is 16.5. The largest absolute Gasteiger partial charge is 0.393 e. The Hall–Kier alpha value is -0.120. The molecule has 86 valence electrons. The van der Waals surface area contributed by atoms with Crippen LogP contribution in [0.3, 0.4) is 0 Å². The Morgan fingerprint density at radius 3 is 2.80 bits per heavy atom. The Balaban J connectivity index is 1.65. The zero-order chi connectivity index (χ0) is 10.3. The van der Waals surface area contributed by atoms with Crippen LogP contribution in [0.25, 0.3) is 0 Å². The molecule has 0 spiro atoms. The molecule has 2 saturated heterocycles. The van der Waals surface area contributed by atoms with Crippen molar-refractivity contribution in [3.05, 3.63) is 0 Å². The number of ether oxygens (including phenoxy) is 1. The van der Waals surface area contributed by atoms with E-state index in [4.69, 9.17) is 4.74 Å². The van der Waals surface area contributed by atoms with Crippen molar-refractivity contribution in [1.82, 2.24) is 4.90 Å². The standard InChI is InChI=1S/C12H21NO2/c14-12-3-1-2-9-6-13(7-11(9)12)10-4-5-15-8-10/h9-12,14H,1-8H2/t9-,10-,11+,12+/m0/s1. The van der Waals surface area contributed by atoms with Crippen LogP contribution in [0.2, 0.25) is 0 Å². The molecule has 0 aromatic heterocycles. The number of hydrogen-bond acceptors (Lipinski definition) is 3. The summed E-state index contributed by atoms with van der Waals surface area (Å²) in [5.74, 6) is 1.31. The van der Waals surface area contributed by atoms with Gasteiger partial charge < -0.3 is 9.84 Å². The van der Waals surface area contributed by atoms with Gasteiger partial charge in [0.25, 0.3) is 0 Å². The second-order valence-electron chi connectivity index (χ2n) is 5.39. The number of aliphatic hydroxyl groups excluding tert-OH is 1. The van der Waals surface area contributed by atoms with Gasteiger partial charge >= 0.3 is 0 Å². The second-order valence-corrected chi connectivity index (χ2v) is 5.39. The zero-order valence-corrected chi connectivity index (χ0v) is 9.27. The summed E-state index contributed by atoms with van der Waals surface area (Å²) in [5.41, 5.74) is 0. The first-order valence-corrected chi connectivity index (χ1v) is 6.34. The lowest BCUT2D eigenvalue weighted by Gasteiger charge is -2.29. The van der Waals surface area contributed by atoms with Crippen LogP contribution in [0.1, 0.15) is 25.7 Å². The average molecular weight is 211 g/mol. The summed E-state index contributed by atoms with van der Waals surface area (Å²) in [4.78, 5) is 2.57. The molecule has 3 aliphatic rings. The Labute approximate surface area is 91.4 Å². The van der Waals surface area contributed by atoms with E-state index in [1.165, 1.54) is 25.8 Å². The molecule has 1 N–H and O–H groups in total. The van der Waals surface area contributed by atoms with Crippen molar-refractivity contribution < 1.29 is 9.84 Å². The van der Waals surface area contributed by atoms with E-state index in [-0.39, 0.29) is 6.10 Å². The maximum atomic E-state index is 9.98. The summed E-state index contributed by atoms with van der Waals surface area (Å²) < 4.78 is 5.45. The summed E-state index contributed by atoms with van der Waals surface area (Å²) in [6.07, 6.45) is 4.73. The molecule has 3 nitrogen and oxygen atoms in total. The van der Waals surface area contributed by atoms with Gasteiger partial charge in [-0.05, 0) is 25.2 Å². The number of aliphatic hydroxyl groups is 1. The van der Waals surface area contributed by atoms with Gasteiger partial charge in [-0.25, -0.2) is 0 Å². The minimum atomic E-state index is -0.0314. The van der Waals surface area contributed by atoms with E-state index in [0.29, 0.717) is 12.0 Å². The zero-order valence-electron chi connectivity index (χ0n) is 9.27. The molecule has 3 rings (SSSR count). The van der Waals surface area contributed by atoms with Crippen molar-refractivity contribution >= 4 is 0 Å². The third kappa shape index (κ3) is 1.81. The topological polar surface area (TPSA) is 32.7 Å². The first kappa shape index (κ1) is 10.1. The molecule has 3 fully saturated rings. The maximum Gasteiger partial charge on any atom is 0.0622 e. The van der Waals surface area contributed by atoms with E-state index >= 15 is 0 Å². The second kappa shape index (κ2) is 4.04. The van der Waals surface area contributed by atoms with Gasteiger partial charge in [0.2, 0.25) is 0 Å². The van der Waals surface area contributed by atoms with Gasteiger partial charge in [-0.15, -0.1) is 0 Å². The highest BCUT2D eigenvalue weighted by Crippen LogP contribution is 2.37. The molecule has 3 heteroatoms. The fourth-order valence-corrected chi connectivity index (χ4v) is 3.58. The summed E-state index contributed by atoms with van der Waals surface area (Å²) in [6.45, 7) is 4.16. The molecule has 1 saturated carbocycles. The predicted molar refractivity (Wildman–Crippen MR) is 57.6 cm³/mol. The van der Waals surface area contributed by atoms with Crippen molar-refractivity contribution in [3.63, 3.8) is 0 Å². The Morgan fingerprint density at radius 1 is 1.13 bits per heavy atom. The number of fused-ring (bicyclic) bond motifs is 1. The maximum absolute atomic E-state index is 9.98. The summed E-state index contributed by atoms with van der Waals surface area (Å²) in [5, 5.41) is 9.98. The number of likely N-dealkylation sites (tertiary alicyclic amines) is 1. The van der Waals surface area contributed by atoms with Crippen molar-refractivity contribution in [2.75, 3.05) is 26.3 Å². The molecular formula is C12H21NO2. The normalized spacial score (nSPS) is 47.0. The first-order chi connectivity index (χ1) is 7.34. The van der Waals surface area contributed by atoms with Crippen LogP contribution in [0.5, 0.6) is 0 Å². The third-order valence-electron chi connectivity index (χ3n) is 4.51. The summed E-state index contributed by atoms with van der Waals surface area (Å²) in [6, 6.07) is 0.641. The van der Waals surface area contributed by atoms with Gasteiger partial charge in [-0.3, -0.25) is 4.90 Å². The fourth-order valence-electron chi connectivity index (χ4n) is 3.58. The lowest BCUT2D eigenvalue weighted by molar-refractivity contribution is 0.0537. The van der Waals surface area contributed by atoms with Crippen LogP contribution in [0, 0.1) is 11.8 Å². The van der Waals surface area contributed by atoms with Gasteiger partial charge in [0, 0.05) is 31.7 Å². The number of rotatable bonds is 1. The van der Waals surface area contributed by atoms with E-state index in [2.05, 4.69) is 4.90 Å². The molecule has 2 aliphatic heterocycles. The lowest BCUT2D eigenvalue weighted by atomic mass is 9.80. The SMILES string of the molecule is O[C@@H]1CCC[C@H]2CN([C@H]3CCOC3)C[C@H]21. The van der Waals surface area contributed by atoms with Crippen LogP contribution in [-0.4, -0.2) is 48.5 Å². The van der Waals surface area contributed by atoms with Crippen molar-refractivity contribution in [2.24, 2.45) is 11.8 Å². The fraction of sp³-hybridized carbons (Fsp3) is 1.00. The highest BCUT2D eigenvalue weighted by molar-refractivity contribution is 4.94. The van der Waals surface area contributed by atoms with Gasteiger partial charge in [-0.1, -0.05) is 6.42 Å². The Bertz CT molecular complexity index is 228. The van der Waals surface area contributed by atoms with Gasteiger partial charge in [-0.2, -0.15) is 0 Å². The monoisotopic (exact) mass is 211 g/mol. The number of hydrogen-bond donors (Lipinski definition) is 1. The van der Waals surface area contributed by atoms with Crippen molar-refractivity contribution in [1.29, 1.82) is 0 Å². The smallest absolute Gasteiger partial charge is 0.0622 e. The van der Waals surface area contributed by atoms with Crippen molar-refractivity contribution in [3.8, 4) is 0 Å². The van der Waals surface area contributed by atoms with E-state index < -0.39 is 0 Å². The minimum Gasteiger partial charge on any atom is -0.393 e. The quantitative estimate of drug-likeness (QED) is 0.698. The van der Waals surface area contributed by atoms with Crippen LogP contribution >= 0.6 is 0 Å². The third-order valence-corrected chi connectivity index (χ3v) is 4.51. The first-order valence-electron chi connectivity index (χ1n) is 6.34. The molecule has 0 unspecified atom stereocenters. The molecule has 0 bridgehead atoms. The predicted octanol–water partition coefficient (Wildman–Crippen LogP) is 0.868. The van der Waals surface area contributed by atoms with E-state index in [0.717, 1.165) is 32.1 Å². The van der Waals surface area contributed by atoms with E-state index in [1.54, 1.807) is 0 Å². The van der Waals surface area contributed by atoms with Crippen LogP contribution in [0.4, 0.5) is 0 Å². The molecule has 2 heterocycles. The van der Waals surface area contributed by atoms with Gasteiger partial charge in [0.05, 0.1) is 12.7 Å². The van der Waals surface area contributed by atoms with E-state index in [9.17, 15) is 5.11 Å². The molecule has 0 radical (unpaired) electrons. The molecule has 0 aromatic rings. The van der Waals surface area contributed by atoms with Gasteiger partial charge in [0.1, 0.15) is 0 Å². The Morgan fingerprint density at radius 2 is 2.07 bits per heavy atom. The Kier molecular flexibility index (Phi) is 2.71. The van der Waals surface area contributed by atoms with Crippen LogP contribution in [-0.2, 0) is 4.74 Å². The van der Waals surface area contributed by atoms with Gasteiger partial charge in [0.15, 0.2) is 0 Å². The van der Waals surface area contributed by atoms with E-state index in [1.807, 2.05) is 0 Å². The molecular weight excluding hydrogens is 190 g/mol. The molecule has 0 amide bonds. The summed E-state index contributed by atoms with van der Waals surface area (Å²) in [7, 11) is 0. The molecule has 1 aliphatic carbocycles. The lowest BCUT2D eigenvalue weighted by Crippen LogP contribution is -2.35. The number of nitrogens with zero attached hydrogens (tertiary/aromatic N) is 1. The summed E-state index contributed by atoms with van der Waals surface area (Å²) >= 11 is 0. The minimum absolute atomic E-state index is 0.0314. The molecule has 0 aromatic carbocycles.